The highest BCUT2D eigenvalue weighted by Gasteiger charge is 2.14. The number of nitroso groups, excluding NO2 is 2. The van der Waals surface area contributed by atoms with Gasteiger partial charge in [0.15, 0.2) is 0 Å². The van der Waals surface area contributed by atoms with Crippen molar-refractivity contribution in [2.24, 2.45) is 10.4 Å². The Hall–Kier alpha value is -2.15. The molecule has 0 spiro atoms. The Bertz CT molecular complexity index is 433. The zero-order chi connectivity index (χ0) is 12.1. The van der Waals surface area contributed by atoms with Gasteiger partial charge in [-0.3, -0.25) is 9.63 Å². The number of rotatable bonds is 4. The van der Waals surface area contributed by atoms with E-state index in [0.29, 0.717) is 0 Å². The van der Waals surface area contributed by atoms with E-state index in [9.17, 15) is 14.6 Å². The van der Waals surface area contributed by atoms with Gasteiger partial charge in [0.05, 0.1) is 7.11 Å². The average molecular weight is 223 g/mol. The van der Waals surface area contributed by atoms with Crippen LogP contribution in [0.4, 0.5) is 11.4 Å². The van der Waals surface area contributed by atoms with E-state index >= 15 is 0 Å². The molecule has 0 fully saturated rings. The summed E-state index contributed by atoms with van der Waals surface area (Å²) in [7, 11) is 2.75. The molecule has 0 atom stereocenters. The number of carbonyl (C=O) groups excluding carboxylic acids is 1. The molecular formula is C9H9N3O4. The van der Waals surface area contributed by atoms with E-state index in [4.69, 9.17) is 0 Å². The first-order valence-corrected chi connectivity index (χ1v) is 4.27. The van der Waals surface area contributed by atoms with Crippen LogP contribution in [0.3, 0.4) is 0 Å². The number of amides is 1. The zero-order valence-corrected chi connectivity index (χ0v) is 8.71. The molecule has 1 amide bonds. The molecule has 0 saturated carbocycles. The van der Waals surface area contributed by atoms with Gasteiger partial charge in [-0.1, -0.05) is 0 Å². The molecule has 1 aromatic rings. The third-order valence-corrected chi connectivity index (χ3v) is 1.98. The quantitative estimate of drug-likeness (QED) is 0.577. The summed E-state index contributed by atoms with van der Waals surface area (Å²) in [6.07, 6.45) is 0. The molecule has 1 rings (SSSR count). The summed E-state index contributed by atoms with van der Waals surface area (Å²) in [4.78, 5) is 37.0. The van der Waals surface area contributed by atoms with Gasteiger partial charge in [-0.15, -0.1) is 9.81 Å². The van der Waals surface area contributed by atoms with Gasteiger partial charge in [-0.2, -0.15) is 0 Å². The second kappa shape index (κ2) is 5.08. The van der Waals surface area contributed by atoms with E-state index < -0.39 is 5.91 Å². The smallest absolute Gasteiger partial charge is 0.274 e. The first kappa shape index (κ1) is 11.9. The van der Waals surface area contributed by atoms with E-state index in [0.717, 1.165) is 5.06 Å². The molecule has 0 heterocycles. The van der Waals surface area contributed by atoms with Crippen LogP contribution in [0.15, 0.2) is 28.6 Å². The summed E-state index contributed by atoms with van der Waals surface area (Å²) in [5.74, 6) is -0.454. The first-order valence-electron chi connectivity index (χ1n) is 4.27. The fourth-order valence-electron chi connectivity index (χ4n) is 1.07. The predicted octanol–water partition coefficient (Wildman–Crippen LogP) is 2.12. The third-order valence-electron chi connectivity index (χ3n) is 1.98. The lowest BCUT2D eigenvalue weighted by molar-refractivity contribution is -0.0756. The van der Waals surface area contributed by atoms with Crippen LogP contribution in [0.5, 0.6) is 0 Å². The van der Waals surface area contributed by atoms with E-state index in [1.807, 2.05) is 0 Å². The molecule has 84 valence electrons. The van der Waals surface area contributed by atoms with E-state index in [2.05, 4.69) is 15.2 Å². The van der Waals surface area contributed by atoms with Crippen molar-refractivity contribution in [1.29, 1.82) is 0 Å². The fourth-order valence-corrected chi connectivity index (χ4v) is 1.07. The van der Waals surface area contributed by atoms with Crippen molar-refractivity contribution < 1.29 is 9.63 Å². The molecule has 7 nitrogen and oxygen atoms in total. The van der Waals surface area contributed by atoms with Crippen molar-refractivity contribution in [3.8, 4) is 0 Å². The highest BCUT2D eigenvalue weighted by molar-refractivity contribution is 5.95. The normalized spacial score (nSPS) is 9.62. The SMILES string of the molecule is CON(C)C(=O)c1ccc(N=O)c(N=O)c1. The molecule has 0 aliphatic rings. The van der Waals surface area contributed by atoms with Gasteiger partial charge < -0.3 is 0 Å². The second-order valence-corrected chi connectivity index (χ2v) is 2.87. The van der Waals surface area contributed by atoms with Crippen LogP contribution >= 0.6 is 0 Å². The van der Waals surface area contributed by atoms with Crippen molar-refractivity contribution >= 4 is 17.3 Å². The summed E-state index contributed by atoms with van der Waals surface area (Å²) in [5.41, 5.74) is -0.0941. The zero-order valence-electron chi connectivity index (χ0n) is 8.71. The first-order chi connectivity index (χ1) is 7.63. The second-order valence-electron chi connectivity index (χ2n) is 2.87. The minimum atomic E-state index is -0.454. The monoisotopic (exact) mass is 223 g/mol. The Morgan fingerprint density at radius 2 is 1.88 bits per heavy atom. The van der Waals surface area contributed by atoms with Gasteiger partial charge in [0.1, 0.15) is 11.4 Å². The molecule has 0 aliphatic heterocycles. The topological polar surface area (TPSA) is 88.4 Å². The molecule has 0 bridgehead atoms. The van der Waals surface area contributed by atoms with Gasteiger partial charge in [-0.25, -0.2) is 5.06 Å². The van der Waals surface area contributed by atoms with E-state index in [-0.39, 0.29) is 16.9 Å². The Morgan fingerprint density at radius 3 is 2.38 bits per heavy atom. The highest BCUT2D eigenvalue weighted by atomic mass is 16.7. The number of hydroxylamine groups is 2. The van der Waals surface area contributed by atoms with Gasteiger partial charge in [0.25, 0.3) is 5.91 Å². The summed E-state index contributed by atoms with van der Waals surface area (Å²) < 4.78 is 0. The van der Waals surface area contributed by atoms with Gasteiger partial charge in [0.2, 0.25) is 0 Å². The summed E-state index contributed by atoms with van der Waals surface area (Å²) in [5, 5.41) is 6.21. The maximum atomic E-state index is 11.6. The lowest BCUT2D eigenvalue weighted by Gasteiger charge is -2.13. The largest absolute Gasteiger partial charge is 0.277 e. The molecule has 16 heavy (non-hydrogen) atoms. The summed E-state index contributed by atoms with van der Waals surface area (Å²) >= 11 is 0. The van der Waals surface area contributed by atoms with Crippen LogP contribution in [0.25, 0.3) is 0 Å². The number of benzene rings is 1. The van der Waals surface area contributed by atoms with Crippen LogP contribution in [-0.4, -0.2) is 25.1 Å². The van der Waals surface area contributed by atoms with Gasteiger partial charge >= 0.3 is 0 Å². The van der Waals surface area contributed by atoms with Crippen molar-refractivity contribution in [1.82, 2.24) is 5.06 Å². The molecular weight excluding hydrogens is 214 g/mol. The molecule has 0 radical (unpaired) electrons. The van der Waals surface area contributed by atoms with E-state index in [1.54, 1.807) is 0 Å². The Morgan fingerprint density at radius 1 is 1.25 bits per heavy atom. The molecule has 0 aromatic heterocycles. The van der Waals surface area contributed by atoms with Gasteiger partial charge in [-0.05, 0) is 28.6 Å². The molecule has 0 N–H and O–H groups in total. The lowest BCUT2D eigenvalue weighted by atomic mass is 10.1. The molecule has 0 saturated heterocycles. The number of hydrogen-bond acceptors (Lipinski definition) is 6. The molecule has 1 aromatic carbocycles. The molecule has 7 heteroatoms. The standard InChI is InChI=1S/C9H9N3O4/c1-12(16-2)9(13)6-3-4-7(10-14)8(5-6)11-15/h3-5H,1-2H3. The summed E-state index contributed by atoms with van der Waals surface area (Å²) in [6.45, 7) is 0. The predicted molar refractivity (Wildman–Crippen MR) is 56.5 cm³/mol. The van der Waals surface area contributed by atoms with E-state index in [1.165, 1.54) is 32.4 Å². The Balaban J connectivity index is 3.12. The Kier molecular flexibility index (Phi) is 3.78. The van der Waals surface area contributed by atoms with Crippen LogP contribution in [-0.2, 0) is 4.84 Å². The summed E-state index contributed by atoms with van der Waals surface area (Å²) in [6, 6.07) is 3.80. The van der Waals surface area contributed by atoms with Crippen LogP contribution in [0.2, 0.25) is 0 Å². The molecule has 0 aliphatic carbocycles. The number of nitrogens with zero attached hydrogens (tertiary/aromatic N) is 3. The van der Waals surface area contributed by atoms with Crippen molar-refractivity contribution in [2.45, 2.75) is 0 Å². The van der Waals surface area contributed by atoms with Crippen LogP contribution < -0.4 is 0 Å². The fraction of sp³-hybridized carbons (Fsp3) is 0.222. The minimum absolute atomic E-state index is 0.105. The van der Waals surface area contributed by atoms with Crippen LogP contribution in [0, 0.1) is 9.81 Å². The van der Waals surface area contributed by atoms with Crippen molar-refractivity contribution in [2.75, 3.05) is 14.2 Å². The van der Waals surface area contributed by atoms with Crippen LogP contribution in [0.1, 0.15) is 10.4 Å². The number of hydrogen-bond donors (Lipinski definition) is 0. The lowest BCUT2D eigenvalue weighted by Crippen LogP contribution is -2.25. The minimum Gasteiger partial charge on any atom is -0.274 e. The highest BCUT2D eigenvalue weighted by Crippen LogP contribution is 2.28. The van der Waals surface area contributed by atoms with Crippen molar-refractivity contribution in [3.05, 3.63) is 33.6 Å². The number of carbonyl (C=O) groups is 1. The Labute approximate surface area is 90.9 Å². The van der Waals surface area contributed by atoms with Crippen molar-refractivity contribution in [3.63, 3.8) is 0 Å². The maximum Gasteiger partial charge on any atom is 0.277 e. The van der Waals surface area contributed by atoms with Gasteiger partial charge in [0, 0.05) is 12.6 Å². The molecule has 0 unspecified atom stereocenters. The average Bonchev–Trinajstić information content (AvgIpc) is 2.35. The maximum absolute atomic E-state index is 11.6. The third kappa shape index (κ3) is 2.26.